The molecule has 0 unspecified atom stereocenters. The maximum absolute atomic E-state index is 13.1. The van der Waals surface area contributed by atoms with E-state index in [4.69, 9.17) is 16.9 Å². The van der Waals surface area contributed by atoms with Crippen molar-refractivity contribution in [1.82, 2.24) is 14.9 Å². The van der Waals surface area contributed by atoms with Gasteiger partial charge >= 0.3 is 0 Å². The Balaban J connectivity index is 2.02. The molecule has 136 valence electrons. The highest BCUT2D eigenvalue weighted by atomic mass is 35.5. The van der Waals surface area contributed by atoms with Gasteiger partial charge in [0.25, 0.3) is 5.56 Å². The Morgan fingerprint density at radius 3 is 2.74 bits per heavy atom. The first-order chi connectivity index (χ1) is 13.1. The van der Waals surface area contributed by atoms with Crippen molar-refractivity contribution in [3.8, 4) is 11.8 Å². The zero-order valence-electron chi connectivity index (χ0n) is 14.2. The Morgan fingerprint density at radius 1 is 1.22 bits per heavy atom. The van der Waals surface area contributed by atoms with Gasteiger partial charge in [0.2, 0.25) is 5.91 Å². The average molecular weight is 399 g/mol. The van der Waals surface area contributed by atoms with Gasteiger partial charge in [-0.25, -0.2) is 4.98 Å². The molecule has 6 nitrogen and oxygen atoms in total. The molecule has 3 rings (SSSR count). The van der Waals surface area contributed by atoms with Gasteiger partial charge in [0.15, 0.2) is 5.16 Å². The number of carbonyl (C=O) groups excluding carboxylic acids is 1. The van der Waals surface area contributed by atoms with Crippen LogP contribution in [0.5, 0.6) is 0 Å². The highest BCUT2D eigenvalue weighted by molar-refractivity contribution is 7.99. The summed E-state index contributed by atoms with van der Waals surface area (Å²) in [7, 11) is 0. The van der Waals surface area contributed by atoms with E-state index >= 15 is 0 Å². The van der Waals surface area contributed by atoms with Gasteiger partial charge in [0.05, 0.1) is 39.9 Å². The number of nitrogens with one attached hydrogen (secondary N) is 1. The number of hydrogen-bond donors (Lipinski definition) is 1. The van der Waals surface area contributed by atoms with Gasteiger partial charge in [-0.2, -0.15) is 5.26 Å². The summed E-state index contributed by atoms with van der Waals surface area (Å²) in [6, 6.07) is 16.0. The van der Waals surface area contributed by atoms with Gasteiger partial charge in [0.1, 0.15) is 0 Å². The Hall–Kier alpha value is -2.82. The number of hydrogen-bond acceptors (Lipinski definition) is 5. The second kappa shape index (κ2) is 8.71. The normalized spacial score (nSPS) is 10.5. The SMILES string of the molecule is N#CCCNC(=O)CSc1nc2ccccc2c(=O)n1-c1ccccc1Cl. The molecule has 0 aliphatic carbocycles. The molecule has 3 aromatic rings. The van der Waals surface area contributed by atoms with Crippen LogP contribution in [0.1, 0.15) is 6.42 Å². The molecule has 0 aliphatic rings. The molecule has 2 aromatic carbocycles. The first-order valence-electron chi connectivity index (χ1n) is 8.15. The third kappa shape index (κ3) is 4.30. The van der Waals surface area contributed by atoms with Gasteiger partial charge in [0, 0.05) is 6.54 Å². The van der Waals surface area contributed by atoms with E-state index in [0.717, 1.165) is 11.8 Å². The Kier molecular flexibility index (Phi) is 6.12. The van der Waals surface area contributed by atoms with Crippen molar-refractivity contribution >= 4 is 40.2 Å². The van der Waals surface area contributed by atoms with Crippen LogP contribution < -0.4 is 10.9 Å². The molecule has 1 amide bonds. The molecule has 0 radical (unpaired) electrons. The van der Waals surface area contributed by atoms with Crippen LogP contribution in [0.15, 0.2) is 58.5 Å². The third-order valence-electron chi connectivity index (χ3n) is 3.73. The van der Waals surface area contributed by atoms with Crippen LogP contribution in [-0.4, -0.2) is 27.8 Å². The zero-order valence-corrected chi connectivity index (χ0v) is 15.8. The molecular formula is C19H15ClN4O2S. The van der Waals surface area contributed by atoms with Crippen LogP contribution in [0.2, 0.25) is 5.02 Å². The maximum atomic E-state index is 13.1. The summed E-state index contributed by atoms with van der Waals surface area (Å²) >= 11 is 7.44. The lowest BCUT2D eigenvalue weighted by Gasteiger charge is -2.14. The number of amides is 1. The molecule has 1 aromatic heterocycles. The van der Waals surface area contributed by atoms with E-state index in [9.17, 15) is 9.59 Å². The van der Waals surface area contributed by atoms with Crippen molar-refractivity contribution < 1.29 is 4.79 Å². The predicted octanol–water partition coefficient (Wildman–Crippen LogP) is 3.16. The minimum absolute atomic E-state index is 0.0701. The molecule has 0 saturated heterocycles. The summed E-state index contributed by atoms with van der Waals surface area (Å²) in [4.78, 5) is 29.6. The van der Waals surface area contributed by atoms with Crippen LogP contribution in [-0.2, 0) is 4.79 Å². The fourth-order valence-corrected chi connectivity index (χ4v) is 3.55. The fraction of sp³-hybridized carbons (Fsp3) is 0.158. The largest absolute Gasteiger partial charge is 0.354 e. The molecule has 0 aliphatic heterocycles. The van der Waals surface area contributed by atoms with Crippen LogP contribution in [0, 0.1) is 11.3 Å². The van der Waals surface area contributed by atoms with Crippen molar-refractivity contribution in [3.05, 3.63) is 63.9 Å². The minimum Gasteiger partial charge on any atom is -0.354 e. The molecular weight excluding hydrogens is 384 g/mol. The number of aromatic nitrogens is 2. The lowest BCUT2D eigenvalue weighted by molar-refractivity contribution is -0.118. The number of rotatable bonds is 6. The number of nitrogens with zero attached hydrogens (tertiary/aromatic N) is 3. The summed E-state index contributed by atoms with van der Waals surface area (Å²) in [6.45, 7) is 0.290. The Bertz CT molecular complexity index is 1090. The highest BCUT2D eigenvalue weighted by Crippen LogP contribution is 2.25. The number of para-hydroxylation sites is 2. The number of fused-ring (bicyclic) bond motifs is 1. The third-order valence-corrected chi connectivity index (χ3v) is 4.99. The van der Waals surface area contributed by atoms with E-state index in [-0.39, 0.29) is 23.6 Å². The Labute approximate surface area is 164 Å². The van der Waals surface area contributed by atoms with E-state index in [2.05, 4.69) is 10.3 Å². The maximum Gasteiger partial charge on any atom is 0.266 e. The van der Waals surface area contributed by atoms with Gasteiger partial charge < -0.3 is 5.32 Å². The molecule has 0 bridgehead atoms. The number of carbonyl (C=O) groups is 1. The van der Waals surface area contributed by atoms with E-state index in [1.54, 1.807) is 48.5 Å². The van der Waals surface area contributed by atoms with Crippen molar-refractivity contribution in [2.75, 3.05) is 12.3 Å². The topological polar surface area (TPSA) is 87.8 Å². The molecule has 0 atom stereocenters. The summed E-state index contributed by atoms with van der Waals surface area (Å²) < 4.78 is 1.43. The van der Waals surface area contributed by atoms with Crippen molar-refractivity contribution in [2.24, 2.45) is 0 Å². The second-order valence-electron chi connectivity index (χ2n) is 5.55. The average Bonchev–Trinajstić information content (AvgIpc) is 2.68. The number of halogens is 1. The molecule has 0 fully saturated rings. The summed E-state index contributed by atoms with van der Waals surface area (Å²) in [6.07, 6.45) is 0.245. The van der Waals surface area contributed by atoms with Crippen LogP contribution in [0.4, 0.5) is 0 Å². The van der Waals surface area contributed by atoms with Crippen LogP contribution >= 0.6 is 23.4 Å². The summed E-state index contributed by atoms with van der Waals surface area (Å²) in [5.41, 5.74) is 0.814. The molecule has 1 heterocycles. The van der Waals surface area contributed by atoms with E-state index in [0.29, 0.717) is 33.3 Å². The Morgan fingerprint density at radius 2 is 1.96 bits per heavy atom. The van der Waals surface area contributed by atoms with Crippen molar-refractivity contribution in [3.63, 3.8) is 0 Å². The quantitative estimate of drug-likeness (QED) is 0.391. The number of nitriles is 1. The van der Waals surface area contributed by atoms with Crippen LogP contribution in [0.3, 0.4) is 0 Å². The van der Waals surface area contributed by atoms with Gasteiger partial charge in [-0.1, -0.05) is 47.6 Å². The van der Waals surface area contributed by atoms with E-state index < -0.39 is 0 Å². The van der Waals surface area contributed by atoms with E-state index in [1.807, 2.05) is 6.07 Å². The molecule has 1 N–H and O–H groups in total. The van der Waals surface area contributed by atoms with Crippen molar-refractivity contribution in [1.29, 1.82) is 5.26 Å². The van der Waals surface area contributed by atoms with Crippen molar-refractivity contribution in [2.45, 2.75) is 11.6 Å². The standard InChI is InChI=1S/C19H15ClN4O2S/c20-14-7-2-4-9-16(14)24-18(26)13-6-1-3-8-15(13)23-19(24)27-12-17(25)22-11-5-10-21/h1-4,6-9H,5,11-12H2,(H,22,25). The monoisotopic (exact) mass is 398 g/mol. The van der Waals surface area contributed by atoms with Gasteiger partial charge in [-0.15, -0.1) is 0 Å². The number of thioether (sulfide) groups is 1. The fourth-order valence-electron chi connectivity index (χ4n) is 2.49. The first-order valence-corrected chi connectivity index (χ1v) is 9.51. The summed E-state index contributed by atoms with van der Waals surface area (Å²) in [5, 5.41) is 12.5. The molecule has 8 heteroatoms. The summed E-state index contributed by atoms with van der Waals surface area (Å²) in [5.74, 6) is -0.163. The molecule has 0 spiro atoms. The van der Waals surface area contributed by atoms with Gasteiger partial charge in [-0.3, -0.25) is 14.2 Å². The lowest BCUT2D eigenvalue weighted by atomic mass is 10.2. The first kappa shape index (κ1) is 19.0. The molecule has 0 saturated carbocycles. The number of benzene rings is 2. The van der Waals surface area contributed by atoms with Crippen LogP contribution in [0.25, 0.3) is 16.6 Å². The highest BCUT2D eigenvalue weighted by Gasteiger charge is 2.16. The van der Waals surface area contributed by atoms with Gasteiger partial charge in [-0.05, 0) is 24.3 Å². The predicted molar refractivity (Wildman–Crippen MR) is 106 cm³/mol. The van der Waals surface area contributed by atoms with E-state index in [1.165, 1.54) is 4.57 Å². The lowest BCUT2D eigenvalue weighted by Crippen LogP contribution is -2.27. The smallest absolute Gasteiger partial charge is 0.266 e. The zero-order chi connectivity index (χ0) is 19.2. The second-order valence-corrected chi connectivity index (χ2v) is 6.90. The molecule has 27 heavy (non-hydrogen) atoms. The minimum atomic E-state index is -0.249.